The number of nitrogens with one attached hydrogen (secondary N) is 1. The molecule has 1 N–H and O–H groups in total. The number of aryl methyl sites for hydroxylation is 1. The van der Waals surface area contributed by atoms with Crippen LogP contribution in [0.15, 0.2) is 59.5 Å². The maximum atomic E-state index is 13.2. The highest BCUT2D eigenvalue weighted by Gasteiger charge is 2.26. The third kappa shape index (κ3) is 4.67. The number of rotatable bonds is 6. The van der Waals surface area contributed by atoms with Crippen LogP contribution in [0.2, 0.25) is 0 Å². The number of amides is 1. The van der Waals surface area contributed by atoms with E-state index >= 15 is 0 Å². The second-order valence-electron chi connectivity index (χ2n) is 6.61. The summed E-state index contributed by atoms with van der Waals surface area (Å²) in [6.07, 6.45) is 0.153. The van der Waals surface area contributed by atoms with Crippen molar-refractivity contribution < 1.29 is 13.2 Å². The first-order valence-corrected chi connectivity index (χ1v) is 10.6. The molecule has 0 saturated carbocycles. The lowest BCUT2D eigenvalue weighted by molar-refractivity contribution is -0.131. The van der Waals surface area contributed by atoms with Crippen molar-refractivity contribution in [2.45, 2.75) is 18.2 Å². The van der Waals surface area contributed by atoms with E-state index in [4.69, 9.17) is 0 Å². The molecule has 2 aromatic rings. The number of hydrogen-bond acceptors (Lipinski definition) is 4. The molecular formula is C20H25N3O3S. The van der Waals surface area contributed by atoms with Crippen LogP contribution in [0.5, 0.6) is 0 Å². The van der Waals surface area contributed by atoms with Crippen LogP contribution in [0.3, 0.4) is 0 Å². The zero-order chi connectivity index (χ0) is 19.3. The van der Waals surface area contributed by atoms with Crippen molar-refractivity contribution in [3.05, 3.63) is 60.2 Å². The van der Waals surface area contributed by atoms with Crippen LogP contribution in [0.1, 0.15) is 12.0 Å². The zero-order valence-electron chi connectivity index (χ0n) is 15.5. The molecule has 0 radical (unpaired) electrons. The van der Waals surface area contributed by atoms with Gasteiger partial charge in [0, 0.05) is 39.1 Å². The molecule has 1 amide bonds. The van der Waals surface area contributed by atoms with Crippen molar-refractivity contribution in [1.29, 1.82) is 0 Å². The Morgan fingerprint density at radius 2 is 1.67 bits per heavy atom. The van der Waals surface area contributed by atoms with Crippen molar-refractivity contribution in [3.63, 3.8) is 0 Å². The Bertz CT molecular complexity index is 861. The number of sulfonamides is 1. The van der Waals surface area contributed by atoms with Crippen LogP contribution < -0.4 is 9.62 Å². The van der Waals surface area contributed by atoms with Gasteiger partial charge in [0.15, 0.2) is 0 Å². The highest BCUT2D eigenvalue weighted by atomic mass is 32.2. The Labute approximate surface area is 160 Å². The van der Waals surface area contributed by atoms with Crippen LogP contribution in [-0.2, 0) is 14.8 Å². The number of hydrogen-bond donors (Lipinski definition) is 1. The van der Waals surface area contributed by atoms with E-state index in [1.165, 1.54) is 4.31 Å². The quantitative estimate of drug-likeness (QED) is 0.823. The second kappa shape index (κ2) is 8.54. The van der Waals surface area contributed by atoms with Crippen LogP contribution in [0.25, 0.3) is 0 Å². The molecule has 1 fully saturated rings. The molecule has 1 heterocycles. The minimum absolute atomic E-state index is 0.0168. The van der Waals surface area contributed by atoms with Gasteiger partial charge >= 0.3 is 0 Å². The fourth-order valence-corrected chi connectivity index (χ4v) is 4.57. The van der Waals surface area contributed by atoms with E-state index in [0.29, 0.717) is 18.8 Å². The molecule has 27 heavy (non-hydrogen) atoms. The van der Waals surface area contributed by atoms with Crippen molar-refractivity contribution in [3.8, 4) is 0 Å². The first-order chi connectivity index (χ1) is 13.0. The van der Waals surface area contributed by atoms with Gasteiger partial charge in [0.2, 0.25) is 5.91 Å². The van der Waals surface area contributed by atoms with Gasteiger partial charge < -0.3 is 10.2 Å². The summed E-state index contributed by atoms with van der Waals surface area (Å²) in [5.41, 5.74) is 1.62. The van der Waals surface area contributed by atoms with Gasteiger partial charge in [-0.1, -0.05) is 35.9 Å². The van der Waals surface area contributed by atoms with Gasteiger partial charge in [-0.05, 0) is 31.2 Å². The maximum absolute atomic E-state index is 13.2. The monoisotopic (exact) mass is 387 g/mol. The molecule has 1 aliphatic rings. The molecule has 1 saturated heterocycles. The van der Waals surface area contributed by atoms with E-state index < -0.39 is 10.0 Å². The minimum atomic E-state index is -3.74. The Morgan fingerprint density at radius 3 is 2.30 bits per heavy atom. The number of carbonyl (C=O) groups excluding carboxylic acids is 1. The largest absolute Gasteiger partial charge is 0.340 e. The number of carbonyl (C=O) groups is 1. The van der Waals surface area contributed by atoms with Crippen molar-refractivity contribution >= 4 is 21.6 Å². The fourth-order valence-electron chi connectivity index (χ4n) is 3.09. The predicted molar refractivity (Wildman–Crippen MR) is 106 cm³/mol. The molecule has 1 aliphatic heterocycles. The number of piperazine rings is 1. The first-order valence-electron chi connectivity index (χ1n) is 9.11. The lowest BCUT2D eigenvalue weighted by Gasteiger charge is -2.29. The Morgan fingerprint density at radius 1 is 1.04 bits per heavy atom. The van der Waals surface area contributed by atoms with Gasteiger partial charge in [-0.2, -0.15) is 0 Å². The van der Waals surface area contributed by atoms with E-state index in [2.05, 4.69) is 5.32 Å². The molecular weight excluding hydrogens is 362 g/mol. The summed E-state index contributed by atoms with van der Waals surface area (Å²) in [6, 6.07) is 15.7. The summed E-state index contributed by atoms with van der Waals surface area (Å²) >= 11 is 0. The Kier molecular flexibility index (Phi) is 6.13. The molecule has 0 bridgehead atoms. The molecule has 0 spiro atoms. The maximum Gasteiger partial charge on any atom is 0.264 e. The smallest absolute Gasteiger partial charge is 0.264 e. The van der Waals surface area contributed by atoms with E-state index in [-0.39, 0.29) is 23.8 Å². The average Bonchev–Trinajstić information content (AvgIpc) is 2.70. The van der Waals surface area contributed by atoms with Gasteiger partial charge in [0.1, 0.15) is 0 Å². The van der Waals surface area contributed by atoms with Gasteiger partial charge in [-0.15, -0.1) is 0 Å². The van der Waals surface area contributed by atoms with Crippen molar-refractivity contribution in [2.75, 3.05) is 37.0 Å². The molecule has 0 unspecified atom stereocenters. The third-order valence-electron chi connectivity index (χ3n) is 4.65. The summed E-state index contributed by atoms with van der Waals surface area (Å²) in [7, 11) is -3.74. The number of nitrogens with zero attached hydrogens (tertiary/aromatic N) is 2. The molecule has 0 aromatic heterocycles. The SMILES string of the molecule is Cc1ccc(N(CCC(=O)N2CCNCC2)S(=O)(=O)c2ccccc2)cc1. The van der Waals surface area contributed by atoms with Crippen LogP contribution in [0.4, 0.5) is 5.69 Å². The molecule has 6 nitrogen and oxygen atoms in total. The van der Waals surface area contributed by atoms with Crippen molar-refractivity contribution in [1.82, 2.24) is 10.2 Å². The molecule has 0 atom stereocenters. The van der Waals surface area contributed by atoms with E-state index in [9.17, 15) is 13.2 Å². The highest BCUT2D eigenvalue weighted by molar-refractivity contribution is 7.92. The predicted octanol–water partition coefficient (Wildman–Crippen LogP) is 2.01. The molecule has 3 rings (SSSR count). The molecule has 2 aromatic carbocycles. The first kappa shape index (κ1) is 19.4. The van der Waals surface area contributed by atoms with Crippen LogP contribution >= 0.6 is 0 Å². The standard InChI is InChI=1S/C20H25N3O3S/c1-17-7-9-18(10-8-17)23(27(25,26)19-5-3-2-4-6-19)14-11-20(24)22-15-12-21-13-16-22/h2-10,21H,11-16H2,1H3. The van der Waals surface area contributed by atoms with E-state index in [1.807, 2.05) is 19.1 Å². The summed E-state index contributed by atoms with van der Waals surface area (Å²) in [4.78, 5) is 14.5. The molecule has 7 heteroatoms. The fraction of sp³-hybridized carbons (Fsp3) is 0.350. The highest BCUT2D eigenvalue weighted by Crippen LogP contribution is 2.24. The number of anilines is 1. The summed E-state index contributed by atoms with van der Waals surface area (Å²) in [6.45, 7) is 4.94. The Balaban J connectivity index is 1.84. The van der Waals surface area contributed by atoms with Crippen LogP contribution in [-0.4, -0.2) is 51.9 Å². The second-order valence-corrected chi connectivity index (χ2v) is 8.47. The summed E-state index contributed by atoms with van der Waals surface area (Å²) < 4.78 is 27.7. The molecule has 0 aliphatic carbocycles. The lowest BCUT2D eigenvalue weighted by Crippen LogP contribution is -2.47. The minimum Gasteiger partial charge on any atom is -0.340 e. The molecule has 144 valence electrons. The van der Waals surface area contributed by atoms with Gasteiger partial charge in [-0.25, -0.2) is 8.42 Å². The Hall–Kier alpha value is -2.38. The average molecular weight is 388 g/mol. The van der Waals surface area contributed by atoms with E-state index in [0.717, 1.165) is 18.7 Å². The van der Waals surface area contributed by atoms with Gasteiger partial charge in [0.25, 0.3) is 10.0 Å². The lowest BCUT2D eigenvalue weighted by atomic mass is 10.2. The third-order valence-corrected chi connectivity index (χ3v) is 6.49. The van der Waals surface area contributed by atoms with Crippen LogP contribution in [0, 0.1) is 6.92 Å². The number of benzene rings is 2. The van der Waals surface area contributed by atoms with Crippen molar-refractivity contribution in [2.24, 2.45) is 0 Å². The van der Waals surface area contributed by atoms with Gasteiger partial charge in [0.05, 0.1) is 10.6 Å². The topological polar surface area (TPSA) is 69.7 Å². The normalized spacial score (nSPS) is 14.8. The van der Waals surface area contributed by atoms with E-state index in [1.54, 1.807) is 47.4 Å². The van der Waals surface area contributed by atoms with Gasteiger partial charge in [-0.3, -0.25) is 9.10 Å². The summed E-state index contributed by atoms with van der Waals surface area (Å²) in [5.74, 6) is -0.0168. The summed E-state index contributed by atoms with van der Waals surface area (Å²) in [5, 5.41) is 3.21. The zero-order valence-corrected chi connectivity index (χ0v) is 16.3.